The summed E-state index contributed by atoms with van der Waals surface area (Å²) in [5, 5.41) is 4.39. The number of thioether (sulfide) groups is 1. The summed E-state index contributed by atoms with van der Waals surface area (Å²) in [6.07, 6.45) is 3.92. The zero-order valence-corrected chi connectivity index (χ0v) is 16.5. The molecule has 0 N–H and O–H groups in total. The molecule has 0 saturated heterocycles. The molecular formula is C20H17N3O2S2. The fraction of sp³-hybridized carbons (Fsp3) is 0.150. The highest BCUT2D eigenvalue weighted by molar-refractivity contribution is 7.98. The molecule has 27 heavy (non-hydrogen) atoms. The molecule has 2 aromatic heterocycles. The van der Waals surface area contributed by atoms with Gasteiger partial charge in [0.25, 0.3) is 5.56 Å². The molecule has 4 aromatic rings. The van der Waals surface area contributed by atoms with E-state index in [4.69, 9.17) is 4.74 Å². The standard InChI is InChI=1S/C20H17N3O2S2/c1-3-25-15-8-6-14(7-9-15)18-21-20-23(22-18)19(24)17(27-20)12-13-4-10-16(26-2)11-5-13/h4-12H,3H2,1-2H3/b17-12+. The number of hydrogen-bond acceptors (Lipinski definition) is 6. The SMILES string of the molecule is CCOc1ccc(-c2nc3s/c(=C/c4ccc(SC)cc4)c(=O)n3n2)cc1. The van der Waals surface area contributed by atoms with E-state index in [1.54, 1.807) is 11.8 Å². The van der Waals surface area contributed by atoms with Crippen LogP contribution >= 0.6 is 23.1 Å². The predicted octanol–water partition coefficient (Wildman–Crippen LogP) is 3.49. The second kappa shape index (κ2) is 7.54. The van der Waals surface area contributed by atoms with Gasteiger partial charge >= 0.3 is 0 Å². The van der Waals surface area contributed by atoms with Crippen molar-refractivity contribution in [2.75, 3.05) is 12.9 Å². The fourth-order valence-electron chi connectivity index (χ4n) is 2.67. The third-order valence-electron chi connectivity index (χ3n) is 4.02. The van der Waals surface area contributed by atoms with Crippen molar-refractivity contribution in [1.29, 1.82) is 0 Å². The maximum Gasteiger partial charge on any atom is 0.291 e. The molecule has 0 amide bonds. The normalized spacial score (nSPS) is 12.0. The smallest absolute Gasteiger partial charge is 0.291 e. The zero-order chi connectivity index (χ0) is 18.8. The van der Waals surface area contributed by atoms with Gasteiger partial charge in [0.15, 0.2) is 5.82 Å². The van der Waals surface area contributed by atoms with Gasteiger partial charge in [-0.25, -0.2) is 0 Å². The first-order valence-corrected chi connectivity index (χ1v) is 10.5. The van der Waals surface area contributed by atoms with E-state index < -0.39 is 0 Å². The summed E-state index contributed by atoms with van der Waals surface area (Å²) in [5.41, 5.74) is 1.70. The Hall–Kier alpha value is -2.64. The lowest BCUT2D eigenvalue weighted by Crippen LogP contribution is -2.23. The van der Waals surface area contributed by atoms with Crippen LogP contribution in [0.25, 0.3) is 22.4 Å². The van der Waals surface area contributed by atoms with Crippen molar-refractivity contribution in [2.24, 2.45) is 0 Å². The van der Waals surface area contributed by atoms with Gasteiger partial charge in [-0.1, -0.05) is 23.5 Å². The number of ether oxygens (including phenoxy) is 1. The van der Waals surface area contributed by atoms with Gasteiger partial charge in [-0.05, 0) is 61.2 Å². The van der Waals surface area contributed by atoms with Crippen molar-refractivity contribution in [3.63, 3.8) is 0 Å². The van der Waals surface area contributed by atoms with Crippen LogP contribution in [-0.4, -0.2) is 27.5 Å². The van der Waals surface area contributed by atoms with Crippen LogP contribution in [0.1, 0.15) is 12.5 Å². The average molecular weight is 396 g/mol. The zero-order valence-electron chi connectivity index (χ0n) is 14.9. The molecular weight excluding hydrogens is 378 g/mol. The molecule has 0 spiro atoms. The van der Waals surface area contributed by atoms with Crippen molar-refractivity contribution in [3.8, 4) is 17.1 Å². The molecule has 0 saturated carbocycles. The lowest BCUT2D eigenvalue weighted by molar-refractivity contribution is 0.340. The van der Waals surface area contributed by atoms with Gasteiger partial charge in [0, 0.05) is 10.5 Å². The van der Waals surface area contributed by atoms with E-state index >= 15 is 0 Å². The molecule has 0 unspecified atom stereocenters. The Morgan fingerprint density at radius 1 is 1.15 bits per heavy atom. The summed E-state index contributed by atoms with van der Waals surface area (Å²) >= 11 is 3.04. The number of thiazole rings is 1. The van der Waals surface area contributed by atoms with E-state index in [-0.39, 0.29) is 5.56 Å². The second-order valence-electron chi connectivity index (χ2n) is 5.78. The number of aromatic nitrogens is 3. The Morgan fingerprint density at radius 3 is 2.52 bits per heavy atom. The lowest BCUT2D eigenvalue weighted by Gasteiger charge is -2.02. The van der Waals surface area contributed by atoms with Gasteiger partial charge in [0.1, 0.15) is 5.75 Å². The molecule has 7 heteroatoms. The highest BCUT2D eigenvalue weighted by atomic mass is 32.2. The van der Waals surface area contributed by atoms with Gasteiger partial charge in [-0.3, -0.25) is 4.79 Å². The van der Waals surface area contributed by atoms with E-state index in [2.05, 4.69) is 10.1 Å². The topological polar surface area (TPSA) is 56.5 Å². The van der Waals surface area contributed by atoms with Gasteiger partial charge in [0.05, 0.1) is 11.1 Å². The van der Waals surface area contributed by atoms with Crippen molar-refractivity contribution < 1.29 is 4.74 Å². The average Bonchev–Trinajstić information content (AvgIpc) is 3.23. The monoisotopic (exact) mass is 395 g/mol. The minimum Gasteiger partial charge on any atom is -0.494 e. The van der Waals surface area contributed by atoms with Crippen molar-refractivity contribution in [3.05, 3.63) is 69.0 Å². The number of fused-ring (bicyclic) bond motifs is 1. The van der Waals surface area contributed by atoms with Crippen molar-refractivity contribution in [2.45, 2.75) is 11.8 Å². The fourth-order valence-corrected chi connectivity index (χ4v) is 3.99. The summed E-state index contributed by atoms with van der Waals surface area (Å²) in [4.78, 5) is 19.0. The molecule has 136 valence electrons. The molecule has 0 bridgehead atoms. The highest BCUT2D eigenvalue weighted by Gasteiger charge is 2.12. The van der Waals surface area contributed by atoms with Crippen molar-refractivity contribution >= 4 is 34.1 Å². The second-order valence-corrected chi connectivity index (χ2v) is 7.66. The maximum atomic E-state index is 12.7. The maximum absolute atomic E-state index is 12.7. The van der Waals surface area contributed by atoms with Crippen LogP contribution in [0.3, 0.4) is 0 Å². The molecule has 2 aromatic carbocycles. The van der Waals surface area contributed by atoms with E-state index in [9.17, 15) is 4.79 Å². The Balaban J connectivity index is 1.68. The quantitative estimate of drug-likeness (QED) is 0.484. The van der Waals surface area contributed by atoms with Gasteiger partial charge in [-0.15, -0.1) is 16.9 Å². The van der Waals surface area contributed by atoms with E-state index in [0.717, 1.165) is 16.9 Å². The number of rotatable bonds is 5. The largest absolute Gasteiger partial charge is 0.494 e. The molecule has 0 fully saturated rings. The lowest BCUT2D eigenvalue weighted by atomic mass is 10.2. The molecule has 0 aliphatic heterocycles. The molecule has 0 atom stereocenters. The summed E-state index contributed by atoms with van der Waals surface area (Å²) in [6.45, 7) is 2.57. The summed E-state index contributed by atoms with van der Waals surface area (Å²) in [5.74, 6) is 1.34. The Morgan fingerprint density at radius 2 is 1.89 bits per heavy atom. The number of nitrogens with zero attached hydrogens (tertiary/aromatic N) is 3. The molecule has 4 rings (SSSR count). The van der Waals surface area contributed by atoms with Crippen LogP contribution in [0, 0.1) is 0 Å². The summed E-state index contributed by atoms with van der Waals surface area (Å²) < 4.78 is 7.45. The molecule has 2 heterocycles. The number of hydrogen-bond donors (Lipinski definition) is 0. The van der Waals surface area contributed by atoms with Crippen LogP contribution in [0.4, 0.5) is 0 Å². The van der Waals surface area contributed by atoms with Gasteiger partial charge < -0.3 is 4.74 Å². The third kappa shape index (κ3) is 3.61. The van der Waals surface area contributed by atoms with Crippen LogP contribution in [0.15, 0.2) is 58.2 Å². The Kier molecular flexibility index (Phi) is 4.96. The minimum atomic E-state index is -0.145. The minimum absolute atomic E-state index is 0.145. The summed E-state index contributed by atoms with van der Waals surface area (Å²) in [6, 6.07) is 15.7. The van der Waals surface area contributed by atoms with E-state index in [1.807, 2.05) is 67.8 Å². The first-order valence-electron chi connectivity index (χ1n) is 8.46. The van der Waals surface area contributed by atoms with Crippen LogP contribution in [-0.2, 0) is 0 Å². The number of benzene rings is 2. The highest BCUT2D eigenvalue weighted by Crippen LogP contribution is 2.20. The van der Waals surface area contributed by atoms with E-state index in [0.29, 0.717) is 21.9 Å². The first-order chi connectivity index (χ1) is 13.2. The van der Waals surface area contributed by atoms with E-state index in [1.165, 1.54) is 20.7 Å². The molecule has 0 aliphatic carbocycles. The van der Waals surface area contributed by atoms with Crippen LogP contribution in [0.2, 0.25) is 0 Å². The predicted molar refractivity (Wildman–Crippen MR) is 111 cm³/mol. The summed E-state index contributed by atoms with van der Waals surface area (Å²) in [7, 11) is 0. The molecule has 0 aliphatic rings. The molecule has 0 radical (unpaired) electrons. The molecule has 5 nitrogen and oxygen atoms in total. The first kappa shape index (κ1) is 17.8. The van der Waals surface area contributed by atoms with Gasteiger partial charge in [0.2, 0.25) is 4.96 Å². The van der Waals surface area contributed by atoms with Gasteiger partial charge in [-0.2, -0.15) is 9.50 Å². The van der Waals surface area contributed by atoms with Crippen molar-refractivity contribution in [1.82, 2.24) is 14.6 Å². The third-order valence-corrected chi connectivity index (χ3v) is 5.72. The Labute approximate surface area is 164 Å². The Bertz CT molecular complexity index is 1180. The van der Waals surface area contributed by atoms with Crippen LogP contribution < -0.4 is 14.8 Å². The van der Waals surface area contributed by atoms with Crippen LogP contribution in [0.5, 0.6) is 5.75 Å².